The lowest BCUT2D eigenvalue weighted by Crippen LogP contribution is -1.92. The molecule has 6 aromatic carbocycles. The highest BCUT2D eigenvalue weighted by Crippen LogP contribution is 2.34. The molecule has 14 heterocycles. The van der Waals surface area contributed by atoms with Gasteiger partial charge in [0.15, 0.2) is 5.15 Å². The predicted octanol–water partition coefficient (Wildman–Crippen LogP) is 23.9. The van der Waals surface area contributed by atoms with E-state index in [2.05, 4.69) is 108 Å². The number of pyridine rings is 2. The van der Waals surface area contributed by atoms with Gasteiger partial charge in [-0.1, -0.05) is 186 Å². The Balaban J connectivity index is 0.000000106. The van der Waals surface area contributed by atoms with Crippen LogP contribution in [-0.4, -0.2) is 64.4 Å². The van der Waals surface area contributed by atoms with Crippen molar-refractivity contribution in [2.45, 2.75) is 0 Å². The van der Waals surface area contributed by atoms with Gasteiger partial charge in [0.2, 0.25) is 49.7 Å². The number of hydrogen-bond donors (Lipinski definition) is 0. The van der Waals surface area contributed by atoms with E-state index in [0.717, 1.165) is 105 Å². The second-order valence-electron chi connectivity index (χ2n) is 22.3. The van der Waals surface area contributed by atoms with Crippen LogP contribution in [-0.2, 0) is 0 Å². The summed E-state index contributed by atoms with van der Waals surface area (Å²) in [5, 5.41) is 6.65. The van der Waals surface area contributed by atoms with Gasteiger partial charge in [0.25, 0.3) is 0 Å². The third-order valence-electron chi connectivity index (χ3n) is 15.6. The van der Waals surface area contributed by atoms with E-state index in [9.17, 15) is 0 Å². The first-order chi connectivity index (χ1) is 51.9. The van der Waals surface area contributed by atoms with Crippen molar-refractivity contribution >= 4 is 159 Å². The summed E-state index contributed by atoms with van der Waals surface area (Å²) >= 11 is 40.3. The fourth-order valence-corrected chi connectivity index (χ4v) is 11.8. The average Bonchev–Trinajstić information content (AvgIpc) is 1.50. The molecule has 14 aromatic heterocycles. The van der Waals surface area contributed by atoms with Gasteiger partial charge in [0.05, 0.1) is 94.2 Å². The molecule has 19 nitrogen and oxygen atoms in total. The summed E-state index contributed by atoms with van der Waals surface area (Å²) in [6.07, 6.45) is 16.4. The van der Waals surface area contributed by atoms with Gasteiger partial charge in [0.1, 0.15) is 21.4 Å². The normalized spacial score (nSPS) is 10.8. The Hall–Kier alpha value is -12.2. The molecule has 0 saturated heterocycles. The van der Waals surface area contributed by atoms with Gasteiger partial charge in [-0.3, -0.25) is 0 Å². The molecule has 20 rings (SSSR count). The lowest BCUT2D eigenvalue weighted by atomic mass is 10.0. The van der Waals surface area contributed by atoms with E-state index in [4.69, 9.17) is 108 Å². The standard InChI is InChI=1S/2C18H11ClN2O.C12H8ClN3.C12H7ClN2O.2C7H4ClNO.C6H3ClN2O/c19-18-20-16(15-9-10-22-17(15)21-18)14-8-4-7-13(11-14)12-5-2-1-3-6-12;19-18-20-16(15-10-11-22-17(15)21-18)14-8-6-13(7-9-14)12-4-2-1-3-5-12;13-12-14-8-11-10(15-12)6-7-16(11)9-4-2-1-3-5-9;13-12-14-10(8-4-2-1-3-5-8)9-6-7-16-11(9)15-12;8-7-3-6-5(4-9-7)1-2-10-6;8-6-2-1-5-3-4-10-7(5)9-6;7-5-3-8-4-1-2-10-6(4)9-5/h2*1-11H;1-8H;1-7H;2*1-4H;1-3H. The van der Waals surface area contributed by atoms with Crippen molar-refractivity contribution in [3.63, 3.8) is 0 Å². The molecule has 0 unspecified atom stereocenters. The second kappa shape index (κ2) is 33.5. The number of rotatable bonds is 6. The summed E-state index contributed by atoms with van der Waals surface area (Å²) in [5.41, 5.74) is 16.9. The van der Waals surface area contributed by atoms with Crippen molar-refractivity contribution in [1.82, 2.24) is 64.4 Å². The molecule has 0 bridgehead atoms. The maximum absolute atomic E-state index is 6.01. The molecule has 0 fully saturated rings. The predicted molar refractivity (Wildman–Crippen MR) is 416 cm³/mol. The number of aromatic nitrogens is 13. The molecule has 0 spiro atoms. The van der Waals surface area contributed by atoms with Crippen LogP contribution in [0.5, 0.6) is 0 Å². The number of nitrogens with zero attached hydrogens (tertiary/aromatic N) is 13. The highest BCUT2D eigenvalue weighted by Gasteiger charge is 2.15. The number of hydrogen-bond acceptors (Lipinski definition) is 18. The van der Waals surface area contributed by atoms with Crippen molar-refractivity contribution < 1.29 is 26.5 Å². The van der Waals surface area contributed by atoms with Crippen molar-refractivity contribution in [3.8, 4) is 61.7 Å². The van der Waals surface area contributed by atoms with Gasteiger partial charge < -0.3 is 31.1 Å². The molecule has 106 heavy (non-hydrogen) atoms. The van der Waals surface area contributed by atoms with Gasteiger partial charge in [-0.05, 0) is 135 Å². The smallest absolute Gasteiger partial charge is 0.246 e. The summed E-state index contributed by atoms with van der Waals surface area (Å²) in [4.78, 5) is 48.9. The number of fused-ring (bicyclic) bond motifs is 7. The minimum Gasteiger partial charge on any atom is -0.464 e. The van der Waals surface area contributed by atoms with E-state index in [1.165, 1.54) is 18.0 Å². The molecule has 0 saturated carbocycles. The molecule has 0 aliphatic rings. The van der Waals surface area contributed by atoms with Gasteiger partial charge in [-0.25, -0.2) is 39.9 Å². The lowest BCUT2D eigenvalue weighted by Gasteiger charge is -2.06. The van der Waals surface area contributed by atoms with Crippen LogP contribution in [0.3, 0.4) is 0 Å². The number of furan rings is 6. The third-order valence-corrected chi connectivity index (χ3v) is 16.9. The van der Waals surface area contributed by atoms with E-state index in [1.54, 1.807) is 61.9 Å². The highest BCUT2D eigenvalue weighted by molar-refractivity contribution is 6.31. The first-order valence-corrected chi connectivity index (χ1v) is 34.5. The van der Waals surface area contributed by atoms with Crippen LogP contribution in [0.4, 0.5) is 0 Å². The molecule has 20 aromatic rings. The molecule has 0 radical (unpaired) electrons. The van der Waals surface area contributed by atoms with Gasteiger partial charge in [-0.15, -0.1) is 0 Å². The van der Waals surface area contributed by atoms with Crippen LogP contribution in [0.15, 0.2) is 319 Å². The average molecular weight is 1540 g/mol. The first-order valence-electron chi connectivity index (χ1n) is 31.9. The third kappa shape index (κ3) is 17.4. The molecular formula is C80H48Cl7N13O6. The van der Waals surface area contributed by atoms with Crippen LogP contribution in [0, 0.1) is 0 Å². The maximum atomic E-state index is 6.01. The topological polar surface area (TPSA) is 238 Å². The van der Waals surface area contributed by atoms with Crippen molar-refractivity contribution in [2.75, 3.05) is 0 Å². The Morgan fingerprint density at radius 1 is 0.264 bits per heavy atom. The first kappa shape index (κ1) is 70.8. The van der Waals surface area contributed by atoms with Crippen LogP contribution >= 0.6 is 81.2 Å². The fraction of sp³-hybridized carbons (Fsp3) is 0. The minimum atomic E-state index is 0.183. The van der Waals surface area contributed by atoms with Crippen molar-refractivity contribution in [2.24, 2.45) is 0 Å². The molecule has 0 N–H and O–H groups in total. The van der Waals surface area contributed by atoms with Crippen LogP contribution < -0.4 is 0 Å². The van der Waals surface area contributed by atoms with Crippen LogP contribution in [0.25, 0.3) is 139 Å². The summed E-state index contributed by atoms with van der Waals surface area (Å²) in [5.74, 6) is 0. The largest absolute Gasteiger partial charge is 0.464 e. The molecule has 0 aliphatic carbocycles. The Morgan fingerprint density at radius 2 is 0.736 bits per heavy atom. The number of halogens is 7. The van der Waals surface area contributed by atoms with Gasteiger partial charge in [0, 0.05) is 57.7 Å². The van der Waals surface area contributed by atoms with E-state index < -0.39 is 0 Å². The van der Waals surface area contributed by atoms with Crippen molar-refractivity contribution in [1.29, 1.82) is 0 Å². The Labute approximate surface area is 636 Å². The van der Waals surface area contributed by atoms with Crippen molar-refractivity contribution in [3.05, 3.63) is 329 Å². The highest BCUT2D eigenvalue weighted by atomic mass is 35.5. The summed E-state index contributed by atoms with van der Waals surface area (Å²) in [7, 11) is 0. The monoisotopic (exact) mass is 1530 g/mol. The van der Waals surface area contributed by atoms with Gasteiger partial charge in [-0.2, -0.15) is 19.9 Å². The molecule has 0 aliphatic heterocycles. The Kier molecular flexibility index (Phi) is 22.4. The zero-order valence-corrected chi connectivity index (χ0v) is 59.9. The van der Waals surface area contributed by atoms with E-state index in [1.807, 2.05) is 175 Å². The fourth-order valence-electron chi connectivity index (χ4n) is 10.8. The Bertz CT molecular complexity index is 6120. The number of benzene rings is 6. The molecular weight excluding hydrogens is 1490 g/mol. The quantitative estimate of drug-likeness (QED) is 0.111. The maximum Gasteiger partial charge on any atom is 0.246 e. The molecule has 0 atom stereocenters. The molecule has 26 heteroatoms. The minimum absolute atomic E-state index is 0.183. The van der Waals surface area contributed by atoms with Crippen LogP contribution in [0.1, 0.15) is 0 Å². The van der Waals surface area contributed by atoms with E-state index in [0.29, 0.717) is 44.0 Å². The van der Waals surface area contributed by atoms with E-state index in [-0.39, 0.29) is 21.1 Å². The molecule has 518 valence electrons. The zero-order chi connectivity index (χ0) is 72.7. The summed E-state index contributed by atoms with van der Waals surface area (Å²) in [6, 6.07) is 75.0. The SMILES string of the molecule is Clc1cc2occc2cn1.Clc1ccc2ccoc2n1.Clc1cnc2ccoc2n1.Clc1nc(-c2ccc(-c3ccccc3)cc2)c2ccoc2n1.Clc1nc(-c2cccc(-c3ccccc3)c2)c2ccoc2n1.Clc1nc(-c2ccccc2)c2ccoc2n1.Clc1ncc2c(ccn2-c2ccccc2)n1. The van der Waals surface area contributed by atoms with Crippen LogP contribution in [0.2, 0.25) is 36.6 Å². The van der Waals surface area contributed by atoms with Gasteiger partial charge >= 0.3 is 0 Å². The Morgan fingerprint density at radius 3 is 1.36 bits per heavy atom. The zero-order valence-electron chi connectivity index (χ0n) is 54.6. The summed E-state index contributed by atoms with van der Waals surface area (Å²) < 4.78 is 32.9. The summed E-state index contributed by atoms with van der Waals surface area (Å²) in [6.45, 7) is 0. The number of para-hydroxylation sites is 1. The second-order valence-corrected chi connectivity index (χ2v) is 24.9. The van der Waals surface area contributed by atoms with E-state index >= 15 is 0 Å². The molecule has 0 amide bonds. The lowest BCUT2D eigenvalue weighted by molar-refractivity contribution is 0.602.